The Labute approximate surface area is 162 Å². The van der Waals surface area contributed by atoms with Crippen molar-refractivity contribution in [2.75, 3.05) is 13.7 Å². The lowest BCUT2D eigenvalue weighted by atomic mass is 10.1. The molecule has 0 atom stereocenters. The van der Waals surface area contributed by atoms with Crippen LogP contribution in [-0.4, -0.2) is 25.5 Å². The molecule has 7 nitrogen and oxygen atoms in total. The van der Waals surface area contributed by atoms with Crippen LogP contribution in [0.5, 0.6) is 0 Å². The summed E-state index contributed by atoms with van der Waals surface area (Å²) in [5.41, 5.74) is 1.38. The van der Waals surface area contributed by atoms with Gasteiger partial charge in [0.1, 0.15) is 13.1 Å². The van der Waals surface area contributed by atoms with Crippen molar-refractivity contribution in [2.24, 2.45) is 0 Å². The number of carbonyl (C=O) groups excluding carboxylic acids is 2. The molecule has 0 saturated carbocycles. The minimum Gasteiger partial charge on any atom is -0.465 e. The third-order valence-electron chi connectivity index (χ3n) is 4.28. The van der Waals surface area contributed by atoms with E-state index in [2.05, 4.69) is 10.1 Å². The summed E-state index contributed by atoms with van der Waals surface area (Å²) >= 11 is 0. The average molecular weight is 383 g/mol. The van der Waals surface area contributed by atoms with Gasteiger partial charge >= 0.3 is 5.97 Å². The monoisotopic (exact) mass is 383 g/mol. The molecule has 2 aromatic heterocycles. The van der Waals surface area contributed by atoms with Crippen LogP contribution < -0.4 is 10.2 Å². The Balaban J connectivity index is 1.54. The second kappa shape index (κ2) is 9.57. The fourth-order valence-electron chi connectivity index (χ4n) is 2.87. The van der Waals surface area contributed by atoms with Gasteiger partial charge in [-0.05, 0) is 42.0 Å². The quantitative estimate of drug-likeness (QED) is 0.548. The Morgan fingerprint density at radius 1 is 0.964 bits per heavy atom. The van der Waals surface area contributed by atoms with E-state index in [-0.39, 0.29) is 18.4 Å². The van der Waals surface area contributed by atoms with Crippen molar-refractivity contribution in [1.82, 2.24) is 5.32 Å². The smallest absolute Gasteiger partial charge is 0.337 e. The fraction of sp³-hybridized carbons (Fsp3) is 0.238. The van der Waals surface area contributed by atoms with E-state index in [0.29, 0.717) is 25.2 Å². The molecule has 2 N–H and O–H groups in total. The maximum Gasteiger partial charge on any atom is 0.337 e. The Kier molecular flexibility index (Phi) is 6.64. The zero-order valence-corrected chi connectivity index (χ0v) is 15.6. The van der Waals surface area contributed by atoms with Crippen molar-refractivity contribution in [3.05, 3.63) is 83.7 Å². The molecular weight excluding hydrogens is 360 g/mol. The summed E-state index contributed by atoms with van der Waals surface area (Å²) in [6.45, 7) is 1.82. The number of amides is 1. The molecule has 7 heteroatoms. The van der Waals surface area contributed by atoms with Gasteiger partial charge in [-0.15, -0.1) is 0 Å². The highest BCUT2D eigenvalue weighted by Gasteiger charge is 2.18. The second-order valence-corrected chi connectivity index (χ2v) is 6.40. The molecule has 3 rings (SSSR count). The van der Waals surface area contributed by atoms with Gasteiger partial charge in [0.15, 0.2) is 18.1 Å². The van der Waals surface area contributed by atoms with Gasteiger partial charge in [-0.1, -0.05) is 12.1 Å². The number of hydrogen-bond acceptors (Lipinski definition) is 5. The number of nitrogens with one attached hydrogen (secondary N) is 2. The van der Waals surface area contributed by atoms with E-state index in [9.17, 15) is 9.59 Å². The second-order valence-electron chi connectivity index (χ2n) is 6.40. The molecule has 0 saturated heterocycles. The normalized spacial score (nSPS) is 10.8. The van der Waals surface area contributed by atoms with Gasteiger partial charge in [-0.25, -0.2) is 4.79 Å². The Hall–Kier alpha value is -3.32. The van der Waals surface area contributed by atoms with Crippen molar-refractivity contribution in [2.45, 2.75) is 19.6 Å². The lowest BCUT2D eigenvalue weighted by Crippen LogP contribution is -3.10. The van der Waals surface area contributed by atoms with Crippen molar-refractivity contribution in [1.29, 1.82) is 0 Å². The van der Waals surface area contributed by atoms with Crippen LogP contribution in [0.4, 0.5) is 0 Å². The van der Waals surface area contributed by atoms with E-state index >= 15 is 0 Å². The van der Waals surface area contributed by atoms with Crippen LogP contribution in [0.2, 0.25) is 0 Å². The number of benzene rings is 1. The number of esters is 1. The van der Waals surface area contributed by atoms with E-state index in [1.807, 2.05) is 24.3 Å². The highest BCUT2D eigenvalue weighted by molar-refractivity contribution is 5.89. The first kappa shape index (κ1) is 19.4. The molecule has 1 aromatic carbocycles. The van der Waals surface area contributed by atoms with Gasteiger partial charge < -0.3 is 23.8 Å². The van der Waals surface area contributed by atoms with Crippen LogP contribution in [0.1, 0.15) is 27.4 Å². The molecule has 0 fully saturated rings. The van der Waals surface area contributed by atoms with Gasteiger partial charge in [0, 0.05) is 6.54 Å². The zero-order valence-electron chi connectivity index (χ0n) is 15.6. The van der Waals surface area contributed by atoms with Gasteiger partial charge in [0.2, 0.25) is 0 Å². The lowest BCUT2D eigenvalue weighted by molar-refractivity contribution is -0.921. The van der Waals surface area contributed by atoms with Gasteiger partial charge in [-0.3, -0.25) is 4.79 Å². The van der Waals surface area contributed by atoms with Crippen LogP contribution >= 0.6 is 0 Å². The van der Waals surface area contributed by atoms with E-state index in [4.69, 9.17) is 8.83 Å². The van der Waals surface area contributed by atoms with E-state index < -0.39 is 0 Å². The number of quaternary nitrogens is 1. The first-order valence-electron chi connectivity index (χ1n) is 8.96. The van der Waals surface area contributed by atoms with Crippen LogP contribution in [0.15, 0.2) is 69.9 Å². The number of methoxy groups -OCH3 is 1. The maximum absolute atomic E-state index is 12.4. The Bertz CT molecular complexity index is 834. The highest BCUT2D eigenvalue weighted by Crippen LogP contribution is 2.05. The van der Waals surface area contributed by atoms with Crippen molar-refractivity contribution in [3.63, 3.8) is 0 Å². The van der Waals surface area contributed by atoms with Gasteiger partial charge in [0.05, 0.1) is 25.2 Å². The first-order chi connectivity index (χ1) is 13.6. The lowest BCUT2D eigenvalue weighted by Gasteiger charge is -2.17. The zero-order chi connectivity index (χ0) is 19.8. The molecule has 146 valence electrons. The standard InChI is InChI=1S/C21H22N2O5/c1-26-21(25)17-8-6-16(7-9-17)12-22-20(24)15-23(13-18-4-2-10-27-18)14-19-5-3-11-28-19/h2-11H,12-15H2,1H3,(H,22,24)/p+1. The topological polar surface area (TPSA) is 86.1 Å². The molecule has 0 aliphatic carbocycles. The molecule has 0 radical (unpaired) electrons. The summed E-state index contributed by atoms with van der Waals surface area (Å²) in [7, 11) is 1.34. The summed E-state index contributed by atoms with van der Waals surface area (Å²) in [5.74, 6) is 1.16. The number of hydrogen-bond donors (Lipinski definition) is 2. The van der Waals surface area contributed by atoms with Crippen molar-refractivity contribution in [3.8, 4) is 0 Å². The molecule has 0 bridgehead atoms. The third-order valence-corrected chi connectivity index (χ3v) is 4.28. The molecule has 3 aromatic rings. The Morgan fingerprint density at radius 2 is 1.57 bits per heavy atom. The third kappa shape index (κ3) is 5.59. The number of furan rings is 2. The van der Waals surface area contributed by atoms with Gasteiger partial charge in [-0.2, -0.15) is 0 Å². The largest absolute Gasteiger partial charge is 0.465 e. The van der Waals surface area contributed by atoms with Crippen LogP contribution in [0, 0.1) is 0 Å². The molecule has 1 amide bonds. The van der Waals surface area contributed by atoms with Crippen molar-refractivity contribution < 1.29 is 28.1 Å². The fourth-order valence-corrected chi connectivity index (χ4v) is 2.87. The SMILES string of the molecule is COC(=O)c1ccc(CNC(=O)C[NH+](Cc2ccco2)Cc2ccco2)cc1. The van der Waals surface area contributed by atoms with E-state index in [1.54, 1.807) is 36.8 Å². The number of rotatable bonds is 9. The van der Waals surface area contributed by atoms with Gasteiger partial charge in [0.25, 0.3) is 5.91 Å². The van der Waals surface area contributed by atoms with E-state index in [0.717, 1.165) is 22.0 Å². The maximum atomic E-state index is 12.4. The van der Waals surface area contributed by atoms with Crippen molar-refractivity contribution >= 4 is 11.9 Å². The molecule has 2 heterocycles. The van der Waals surface area contributed by atoms with Crippen LogP contribution in [0.3, 0.4) is 0 Å². The van der Waals surface area contributed by atoms with Crippen LogP contribution in [0.25, 0.3) is 0 Å². The first-order valence-corrected chi connectivity index (χ1v) is 8.96. The molecular formula is C21H23N2O5+. The van der Waals surface area contributed by atoms with E-state index in [1.165, 1.54) is 7.11 Å². The average Bonchev–Trinajstić information content (AvgIpc) is 3.40. The molecule has 28 heavy (non-hydrogen) atoms. The molecule has 0 aliphatic rings. The summed E-state index contributed by atoms with van der Waals surface area (Å²) in [6.07, 6.45) is 3.25. The summed E-state index contributed by atoms with van der Waals surface area (Å²) in [4.78, 5) is 24.9. The summed E-state index contributed by atoms with van der Waals surface area (Å²) in [6, 6.07) is 14.4. The van der Waals surface area contributed by atoms with Crippen LogP contribution in [-0.2, 0) is 29.2 Å². The minimum absolute atomic E-state index is 0.0786. The molecule has 0 aliphatic heterocycles. The predicted molar refractivity (Wildman–Crippen MR) is 100 cm³/mol. The predicted octanol–water partition coefficient (Wildman–Crippen LogP) is 1.56. The molecule has 0 spiro atoms. The molecule has 0 unspecified atom stereocenters. The summed E-state index contributed by atoms with van der Waals surface area (Å²) in [5, 5.41) is 2.91. The number of ether oxygens (including phenoxy) is 1. The number of carbonyl (C=O) groups is 2. The summed E-state index contributed by atoms with van der Waals surface area (Å²) < 4.78 is 15.5. The highest BCUT2D eigenvalue weighted by atomic mass is 16.5. The minimum atomic E-state index is -0.384. The Morgan fingerprint density at radius 3 is 2.07 bits per heavy atom.